The summed E-state index contributed by atoms with van der Waals surface area (Å²) >= 11 is 0. The Kier molecular flexibility index (Phi) is 14.8. The second kappa shape index (κ2) is 18.3. The van der Waals surface area contributed by atoms with Crippen molar-refractivity contribution < 1.29 is 33.5 Å². The van der Waals surface area contributed by atoms with E-state index in [1.807, 2.05) is 0 Å². The molecule has 7 N–H and O–H groups in total. The molecule has 8 atom stereocenters. The summed E-state index contributed by atoms with van der Waals surface area (Å²) in [5.74, 6) is 0.397. The number of rotatable bonds is 16. The lowest BCUT2D eigenvalue weighted by Gasteiger charge is -2.50. The normalized spacial score (nSPS) is 32.5. The minimum Gasteiger partial charge on any atom is -0.465 e. The number of nitrogens with one attached hydrogen (secondary N) is 2. The third-order valence-electron chi connectivity index (χ3n) is 11.0. The number of carbonyl (C=O) groups excluding carboxylic acids is 2. The van der Waals surface area contributed by atoms with Crippen molar-refractivity contribution >= 4 is 17.8 Å². The van der Waals surface area contributed by atoms with Crippen molar-refractivity contribution in [1.29, 1.82) is 0 Å². The van der Waals surface area contributed by atoms with E-state index >= 15 is 0 Å². The molecule has 0 saturated carbocycles. The molecule has 12 heteroatoms. The van der Waals surface area contributed by atoms with Gasteiger partial charge in [-0.05, 0) is 84.2 Å². The topological polar surface area (TPSA) is 164 Å². The van der Waals surface area contributed by atoms with Gasteiger partial charge in [0.15, 0.2) is 11.6 Å². The van der Waals surface area contributed by atoms with Gasteiger partial charge in [0, 0.05) is 38.8 Å². The highest BCUT2D eigenvalue weighted by atomic mass is 16.6. The van der Waals surface area contributed by atoms with Crippen LogP contribution in [0.2, 0.25) is 0 Å². The van der Waals surface area contributed by atoms with Crippen LogP contribution in [0.1, 0.15) is 124 Å². The van der Waals surface area contributed by atoms with Crippen LogP contribution in [0.15, 0.2) is 12.2 Å². The number of amides is 1. The Balaban J connectivity index is 0.00000541. The number of esters is 1. The number of guanidine groups is 1. The van der Waals surface area contributed by atoms with Gasteiger partial charge in [-0.3, -0.25) is 14.2 Å². The summed E-state index contributed by atoms with van der Waals surface area (Å²) in [6.07, 6.45) is 17.2. The van der Waals surface area contributed by atoms with Gasteiger partial charge in [-0.2, -0.15) is 0 Å². The lowest BCUT2D eigenvalue weighted by Crippen LogP contribution is -2.76. The molecule has 0 aliphatic carbocycles. The van der Waals surface area contributed by atoms with Crippen LogP contribution in [-0.2, 0) is 23.8 Å². The molecule has 2 fully saturated rings. The Hall–Kier alpha value is -2.25. The number of hydrogen-bond donors (Lipinski definition) is 5. The molecule has 280 valence electrons. The van der Waals surface area contributed by atoms with E-state index in [0.717, 1.165) is 89.4 Å². The van der Waals surface area contributed by atoms with Gasteiger partial charge in [0.25, 0.3) is 0 Å². The molecular formula is C37H67N6O6+. The average Bonchev–Trinajstić information content (AvgIpc) is 3.36. The van der Waals surface area contributed by atoms with Crippen LogP contribution in [-0.4, -0.2) is 107 Å². The second-order valence-electron chi connectivity index (χ2n) is 14.8. The predicted octanol–water partition coefficient (Wildman–Crippen LogP) is 3.24. The van der Waals surface area contributed by atoms with E-state index in [0.29, 0.717) is 58.1 Å². The maximum Gasteiger partial charge on any atom is 0.350 e. The first kappa shape index (κ1) is 39.5. The van der Waals surface area contributed by atoms with Crippen molar-refractivity contribution in [3.63, 3.8) is 0 Å². The lowest BCUT2D eigenvalue weighted by atomic mass is 9.80. The van der Waals surface area contributed by atoms with Crippen molar-refractivity contribution in [2.45, 2.75) is 166 Å². The second-order valence-corrected chi connectivity index (χ2v) is 14.8. The van der Waals surface area contributed by atoms with Crippen molar-refractivity contribution in [3.05, 3.63) is 12.2 Å². The summed E-state index contributed by atoms with van der Waals surface area (Å²) in [5, 5.41) is 17.8. The predicted molar refractivity (Wildman–Crippen MR) is 191 cm³/mol. The summed E-state index contributed by atoms with van der Waals surface area (Å²) in [7, 11) is 0. The van der Waals surface area contributed by atoms with Crippen molar-refractivity contribution in [2.24, 2.45) is 17.4 Å². The van der Waals surface area contributed by atoms with Crippen LogP contribution in [0, 0.1) is 5.92 Å². The number of nitrogens with two attached hydrogens (primary N) is 2. The Bertz CT molecular complexity index is 1150. The van der Waals surface area contributed by atoms with Gasteiger partial charge < -0.3 is 35.7 Å². The highest BCUT2D eigenvalue weighted by molar-refractivity contribution is 5.82. The minimum absolute atomic E-state index is 0. The van der Waals surface area contributed by atoms with Gasteiger partial charge in [-0.25, -0.2) is 10.6 Å². The molecule has 0 aromatic rings. The quantitative estimate of drug-likeness (QED) is 0.0703. The molecule has 0 radical (unpaired) electrons. The van der Waals surface area contributed by atoms with E-state index in [4.69, 9.17) is 25.7 Å². The Morgan fingerprint density at radius 2 is 1.92 bits per heavy atom. The molecule has 1 amide bonds. The van der Waals surface area contributed by atoms with Crippen molar-refractivity contribution in [2.75, 3.05) is 32.8 Å². The van der Waals surface area contributed by atoms with Crippen LogP contribution >= 0.6 is 0 Å². The third-order valence-corrected chi connectivity index (χ3v) is 11.0. The van der Waals surface area contributed by atoms with Gasteiger partial charge in [0.1, 0.15) is 0 Å². The Morgan fingerprint density at radius 3 is 2.67 bits per heavy atom. The van der Waals surface area contributed by atoms with Gasteiger partial charge in [0.05, 0.1) is 37.0 Å². The molecule has 5 rings (SSSR count). The fraction of sp³-hybridized carbons (Fsp3) is 0.865. The van der Waals surface area contributed by atoms with Crippen molar-refractivity contribution in [3.8, 4) is 0 Å². The first-order valence-corrected chi connectivity index (χ1v) is 19.0. The van der Waals surface area contributed by atoms with Crippen LogP contribution in [0.5, 0.6) is 0 Å². The monoisotopic (exact) mass is 692 g/mol. The number of aliphatic hydroxyl groups excluding tert-OH is 1. The van der Waals surface area contributed by atoms with E-state index in [-0.39, 0.29) is 37.6 Å². The van der Waals surface area contributed by atoms with E-state index in [2.05, 4.69) is 41.2 Å². The van der Waals surface area contributed by atoms with Gasteiger partial charge in [0.2, 0.25) is 11.6 Å². The molecular weight excluding hydrogens is 624 g/mol. The van der Waals surface area contributed by atoms with Crippen LogP contribution in [0.3, 0.4) is 0 Å². The first-order chi connectivity index (χ1) is 23.2. The Morgan fingerprint density at radius 1 is 1.10 bits per heavy atom. The molecule has 0 aromatic heterocycles. The number of unbranched alkanes of at least 4 members (excludes halogenated alkanes) is 3. The summed E-state index contributed by atoms with van der Waals surface area (Å²) < 4.78 is 21.9. The number of carbonyl (C=O) groups is 2. The zero-order valence-corrected chi connectivity index (χ0v) is 29.5. The highest BCUT2D eigenvalue weighted by Gasteiger charge is 2.64. The number of allylic oxidation sites excluding steroid dienone is 1. The number of hydrogen-bond acceptors (Lipinski definition) is 10. The SMILES string of the molecule is C.CC[C@H]1C=CCC[C@@]2(C[C@@H]3CC[C@H]4[C@@H](C(=O)OCCCCCCC(=O)N(CCCN)C[C@@H](O)CCN)[C@@]5(CCC[C@@H](C)O5)NC(=[N+]34)N2)O1. The number of aliphatic hydroxyl groups is 1. The maximum absolute atomic E-state index is 14.0. The first-order valence-electron chi connectivity index (χ1n) is 19.0. The summed E-state index contributed by atoms with van der Waals surface area (Å²) in [6, 6.07) is 0.303. The zero-order valence-electron chi connectivity index (χ0n) is 29.5. The molecule has 5 aliphatic heterocycles. The van der Waals surface area contributed by atoms with E-state index in [1.54, 1.807) is 4.90 Å². The van der Waals surface area contributed by atoms with Crippen molar-refractivity contribution in [1.82, 2.24) is 15.5 Å². The minimum atomic E-state index is -0.813. The van der Waals surface area contributed by atoms with Crippen LogP contribution in [0.4, 0.5) is 0 Å². The van der Waals surface area contributed by atoms with Gasteiger partial charge in [-0.1, -0.05) is 39.3 Å². The molecule has 49 heavy (non-hydrogen) atoms. The summed E-state index contributed by atoms with van der Waals surface area (Å²) in [6.45, 7) is 6.36. The van der Waals surface area contributed by atoms with E-state index in [1.165, 1.54) is 0 Å². The third kappa shape index (κ3) is 9.55. The Labute approximate surface area is 294 Å². The lowest BCUT2D eigenvalue weighted by molar-refractivity contribution is -0.609. The van der Waals surface area contributed by atoms with Crippen LogP contribution in [0.25, 0.3) is 0 Å². The molecule has 5 aliphatic rings. The number of ether oxygens (including phenoxy) is 3. The van der Waals surface area contributed by atoms with E-state index < -0.39 is 23.5 Å². The molecule has 0 unspecified atom stereocenters. The number of nitrogens with zero attached hydrogens (tertiary/aromatic N) is 2. The van der Waals surface area contributed by atoms with E-state index in [9.17, 15) is 14.7 Å². The summed E-state index contributed by atoms with van der Waals surface area (Å²) in [4.78, 5) is 28.6. The zero-order chi connectivity index (χ0) is 34.1. The average molecular weight is 692 g/mol. The standard InChI is InChI=1S/C36H62N6O6.CH4/c1-3-29-13-7-8-18-35(48-29)24-27-15-16-30-32(36(19-10-12-26(2)47-36)40-34(39-35)42(27)30)33(45)46-23-9-5-4-6-14-31(44)41(22-11-20-37)25-28(43)17-21-38;/h7,13,26-30,32,43H,3-6,8-12,14-25,37-38H2,1-2H3,(H,39,40);1H4/p+1/t26-,27+,28+,29+,30+,32+,35+,36+;/m1./s1. The molecule has 12 nitrogen and oxygen atoms in total. The molecule has 2 saturated heterocycles. The molecule has 2 spiro atoms. The smallest absolute Gasteiger partial charge is 0.350 e. The molecule has 5 heterocycles. The maximum atomic E-state index is 14.0. The molecule has 0 aromatic carbocycles. The largest absolute Gasteiger partial charge is 0.465 e. The summed E-state index contributed by atoms with van der Waals surface area (Å²) in [5.41, 5.74) is 9.98. The highest BCUT2D eigenvalue weighted by Crippen LogP contribution is 2.45. The van der Waals surface area contributed by atoms with Gasteiger partial charge in [-0.15, -0.1) is 0 Å². The fourth-order valence-electron chi connectivity index (χ4n) is 8.69. The van der Waals surface area contributed by atoms with Gasteiger partial charge >= 0.3 is 11.9 Å². The fourth-order valence-corrected chi connectivity index (χ4v) is 8.69. The van der Waals surface area contributed by atoms with Crippen LogP contribution < -0.4 is 22.1 Å². The molecule has 0 bridgehead atoms.